The number of nitrogens with zero attached hydrogens (tertiary/aromatic N) is 3. The summed E-state index contributed by atoms with van der Waals surface area (Å²) < 4.78 is 0. The minimum atomic E-state index is -0.948. The molecule has 0 saturated carbocycles. The molecule has 2 amide bonds. The molecule has 7 nitrogen and oxygen atoms in total. The molecule has 0 aliphatic rings. The molecule has 0 fully saturated rings. The highest BCUT2D eigenvalue weighted by molar-refractivity contribution is 6.14. The Hall–Kier alpha value is -4.00. The van der Waals surface area contributed by atoms with Crippen molar-refractivity contribution in [2.24, 2.45) is 0 Å². The summed E-state index contributed by atoms with van der Waals surface area (Å²) in [5.74, 6) is -0.342. The normalized spacial score (nSPS) is 12.5. The van der Waals surface area contributed by atoms with E-state index >= 15 is 0 Å². The van der Waals surface area contributed by atoms with Gasteiger partial charge in [0.25, 0.3) is 5.91 Å². The van der Waals surface area contributed by atoms with Gasteiger partial charge in [0.1, 0.15) is 6.04 Å². The molecular formula is C28H31N5O2. The number of H-pyrrole nitrogens is 1. The van der Waals surface area contributed by atoms with Crippen molar-refractivity contribution in [3.63, 3.8) is 0 Å². The molecule has 0 spiro atoms. The van der Waals surface area contributed by atoms with Crippen LogP contribution in [0.15, 0.2) is 73.1 Å². The summed E-state index contributed by atoms with van der Waals surface area (Å²) in [5.41, 5.74) is 2.87. The first-order valence-electron chi connectivity index (χ1n) is 11.7. The highest BCUT2D eigenvalue weighted by Gasteiger charge is 2.36. The fourth-order valence-corrected chi connectivity index (χ4v) is 4.04. The number of hydrogen-bond donors (Lipinski definition) is 2. The van der Waals surface area contributed by atoms with E-state index in [0.717, 1.165) is 11.1 Å². The van der Waals surface area contributed by atoms with Crippen LogP contribution < -0.4 is 10.2 Å². The first-order valence-corrected chi connectivity index (χ1v) is 11.7. The van der Waals surface area contributed by atoms with Gasteiger partial charge in [-0.1, -0.05) is 50.2 Å². The van der Waals surface area contributed by atoms with Gasteiger partial charge in [-0.3, -0.25) is 24.6 Å². The van der Waals surface area contributed by atoms with Gasteiger partial charge in [0.2, 0.25) is 5.91 Å². The zero-order valence-electron chi connectivity index (χ0n) is 20.7. The highest BCUT2D eigenvalue weighted by Crippen LogP contribution is 2.32. The molecule has 2 heterocycles. The quantitative estimate of drug-likeness (QED) is 0.396. The zero-order chi connectivity index (χ0) is 25.2. The first-order chi connectivity index (χ1) is 16.7. The molecule has 2 aromatic heterocycles. The number of aromatic amines is 1. The van der Waals surface area contributed by atoms with Gasteiger partial charge in [0, 0.05) is 34.6 Å². The van der Waals surface area contributed by atoms with Crippen molar-refractivity contribution in [3.8, 4) is 0 Å². The van der Waals surface area contributed by atoms with Gasteiger partial charge in [-0.25, -0.2) is 0 Å². The lowest BCUT2D eigenvalue weighted by Crippen LogP contribution is -2.49. The number of aromatic nitrogens is 3. The fraction of sp³-hybridized carbons (Fsp3) is 0.286. The van der Waals surface area contributed by atoms with E-state index in [4.69, 9.17) is 0 Å². The molecule has 35 heavy (non-hydrogen) atoms. The van der Waals surface area contributed by atoms with E-state index in [2.05, 4.69) is 34.3 Å². The molecule has 2 N–H and O–H groups in total. The van der Waals surface area contributed by atoms with Gasteiger partial charge in [-0.2, -0.15) is 5.10 Å². The number of hydrogen-bond acceptors (Lipinski definition) is 4. The van der Waals surface area contributed by atoms with Crippen LogP contribution in [-0.4, -0.2) is 32.5 Å². The Bertz CT molecular complexity index is 1320. The van der Waals surface area contributed by atoms with Crippen LogP contribution in [0.1, 0.15) is 68.2 Å². The summed E-state index contributed by atoms with van der Waals surface area (Å²) in [7, 11) is 0. The van der Waals surface area contributed by atoms with Crippen LogP contribution in [0.3, 0.4) is 0 Å². The van der Waals surface area contributed by atoms with Crippen molar-refractivity contribution in [1.82, 2.24) is 20.5 Å². The third-order valence-corrected chi connectivity index (χ3v) is 5.73. The van der Waals surface area contributed by atoms with Crippen LogP contribution in [-0.2, 0) is 4.79 Å². The minimum Gasteiger partial charge on any atom is -0.349 e. The molecule has 0 aliphatic heterocycles. The molecule has 0 radical (unpaired) electrons. The van der Waals surface area contributed by atoms with E-state index in [1.54, 1.807) is 18.5 Å². The van der Waals surface area contributed by atoms with Gasteiger partial charge in [0.15, 0.2) is 5.69 Å². The summed E-state index contributed by atoms with van der Waals surface area (Å²) in [4.78, 5) is 33.6. The van der Waals surface area contributed by atoms with Crippen LogP contribution in [0.5, 0.6) is 0 Å². The Morgan fingerprint density at radius 1 is 0.943 bits per heavy atom. The number of benzene rings is 2. The summed E-state index contributed by atoms with van der Waals surface area (Å²) >= 11 is 0. The molecule has 2 aromatic carbocycles. The second-order valence-corrected chi connectivity index (χ2v) is 9.97. The van der Waals surface area contributed by atoms with Crippen LogP contribution in [0.25, 0.3) is 10.9 Å². The van der Waals surface area contributed by atoms with Gasteiger partial charge < -0.3 is 5.32 Å². The predicted octanol–water partition coefficient (Wildman–Crippen LogP) is 5.38. The Labute approximate surface area is 205 Å². The number of rotatable bonds is 6. The van der Waals surface area contributed by atoms with E-state index < -0.39 is 11.6 Å². The molecule has 4 aromatic rings. The van der Waals surface area contributed by atoms with Crippen molar-refractivity contribution in [1.29, 1.82) is 0 Å². The van der Waals surface area contributed by atoms with Crippen molar-refractivity contribution >= 4 is 28.4 Å². The van der Waals surface area contributed by atoms with Crippen molar-refractivity contribution in [3.05, 3.63) is 89.9 Å². The lowest BCUT2D eigenvalue weighted by Gasteiger charge is -2.33. The monoisotopic (exact) mass is 469 g/mol. The molecular weight excluding hydrogens is 438 g/mol. The average Bonchev–Trinajstić information content (AvgIpc) is 3.26. The average molecular weight is 470 g/mol. The van der Waals surface area contributed by atoms with Crippen LogP contribution in [0.2, 0.25) is 0 Å². The number of pyridine rings is 1. The minimum absolute atomic E-state index is 0.256. The Balaban J connectivity index is 1.90. The van der Waals surface area contributed by atoms with Crippen LogP contribution in [0.4, 0.5) is 5.69 Å². The van der Waals surface area contributed by atoms with Gasteiger partial charge in [-0.15, -0.1) is 0 Å². The Morgan fingerprint density at radius 2 is 1.66 bits per heavy atom. The molecule has 0 bridgehead atoms. The maximum absolute atomic E-state index is 14.2. The van der Waals surface area contributed by atoms with Crippen molar-refractivity contribution < 1.29 is 9.59 Å². The lowest BCUT2D eigenvalue weighted by atomic mass is 9.99. The third-order valence-electron chi connectivity index (χ3n) is 5.73. The summed E-state index contributed by atoms with van der Waals surface area (Å²) in [6.45, 7) is 9.97. The summed E-state index contributed by atoms with van der Waals surface area (Å²) in [5, 5.41) is 11.0. The molecule has 180 valence electrons. The van der Waals surface area contributed by atoms with E-state index in [9.17, 15) is 9.59 Å². The molecule has 4 rings (SSSR count). The maximum Gasteiger partial charge on any atom is 0.280 e. The molecule has 7 heteroatoms. The van der Waals surface area contributed by atoms with Crippen LogP contribution in [0, 0.1) is 0 Å². The van der Waals surface area contributed by atoms with E-state index in [-0.39, 0.29) is 17.5 Å². The second kappa shape index (κ2) is 9.70. The van der Waals surface area contributed by atoms with Gasteiger partial charge >= 0.3 is 0 Å². The highest BCUT2D eigenvalue weighted by atomic mass is 16.2. The molecule has 1 atom stereocenters. The van der Waals surface area contributed by atoms with Gasteiger partial charge in [0.05, 0.1) is 5.52 Å². The summed E-state index contributed by atoms with van der Waals surface area (Å²) in [6.07, 6.45) is 3.27. The smallest absolute Gasteiger partial charge is 0.280 e. The number of anilines is 1. The van der Waals surface area contributed by atoms with Gasteiger partial charge in [-0.05, 0) is 56.5 Å². The molecule has 0 aliphatic carbocycles. The molecule has 0 saturated heterocycles. The SMILES string of the molecule is CC(C)c1ccc(N(C(=O)c2n[nH]c3ccccc23)C(C(=O)NC(C)(C)C)c2cccnc2)cc1. The fourth-order valence-electron chi connectivity index (χ4n) is 4.04. The predicted molar refractivity (Wildman–Crippen MR) is 138 cm³/mol. The van der Waals surface area contributed by atoms with Crippen molar-refractivity contribution in [2.45, 2.75) is 52.1 Å². The van der Waals surface area contributed by atoms with Crippen LogP contribution >= 0.6 is 0 Å². The zero-order valence-corrected chi connectivity index (χ0v) is 20.7. The van der Waals surface area contributed by atoms with E-state index in [1.807, 2.05) is 75.4 Å². The second-order valence-electron chi connectivity index (χ2n) is 9.97. The van der Waals surface area contributed by atoms with Crippen molar-refractivity contribution in [2.75, 3.05) is 4.90 Å². The number of nitrogens with one attached hydrogen (secondary N) is 2. The number of carbonyl (C=O) groups excluding carboxylic acids is 2. The van der Waals surface area contributed by atoms with E-state index in [0.29, 0.717) is 22.6 Å². The Kier molecular flexibility index (Phi) is 6.69. The largest absolute Gasteiger partial charge is 0.349 e. The lowest BCUT2D eigenvalue weighted by molar-refractivity contribution is -0.123. The number of para-hydroxylation sites is 1. The molecule has 1 unspecified atom stereocenters. The standard InChI is InChI=1S/C28H31N5O2/c1-18(2)19-12-14-21(15-13-19)33(27(35)24-22-10-6-7-11-23(22)31-32-24)25(20-9-8-16-29-17-20)26(34)30-28(3,4)5/h6-18,25H,1-5H3,(H,30,34)(H,31,32). The maximum atomic E-state index is 14.2. The Morgan fingerprint density at radius 3 is 2.29 bits per heavy atom. The first kappa shape index (κ1) is 24.1. The third kappa shape index (κ3) is 5.24. The summed E-state index contributed by atoms with van der Waals surface area (Å²) in [6, 6.07) is 17.8. The number of carbonyl (C=O) groups is 2. The van der Waals surface area contributed by atoms with E-state index in [1.165, 1.54) is 4.90 Å². The number of amides is 2. The topological polar surface area (TPSA) is 91.0 Å². The number of fused-ring (bicyclic) bond motifs is 1.